The topological polar surface area (TPSA) is 72.3 Å². The Labute approximate surface area is 137 Å². The maximum atomic E-state index is 12.4. The molecule has 0 aliphatic carbocycles. The van der Waals surface area contributed by atoms with Gasteiger partial charge in [0.2, 0.25) is 5.78 Å². The summed E-state index contributed by atoms with van der Waals surface area (Å²) in [6, 6.07) is 18.5. The molecule has 1 N–H and O–H groups in total. The Morgan fingerprint density at radius 3 is 2.58 bits per heavy atom. The number of aromatic amines is 1. The van der Waals surface area contributed by atoms with Gasteiger partial charge in [-0.2, -0.15) is 9.50 Å². The minimum Gasteiger partial charge on any atom is -0.496 e. The van der Waals surface area contributed by atoms with E-state index in [1.54, 1.807) is 7.11 Å². The molecule has 6 nitrogen and oxygen atoms in total. The van der Waals surface area contributed by atoms with E-state index in [4.69, 9.17) is 4.74 Å². The molecule has 0 atom stereocenters. The number of H-pyrrole nitrogens is 1. The number of ether oxygens (including phenoxy) is 1. The number of hydrogen-bond donors (Lipinski definition) is 1. The number of rotatable bonds is 3. The van der Waals surface area contributed by atoms with Gasteiger partial charge >= 0.3 is 0 Å². The van der Waals surface area contributed by atoms with Gasteiger partial charge in [0.05, 0.1) is 12.8 Å². The lowest BCUT2D eigenvalue weighted by Crippen LogP contribution is -2.14. The quantitative estimate of drug-likeness (QED) is 0.630. The zero-order valence-corrected chi connectivity index (χ0v) is 12.9. The SMILES string of the molecule is COc1ccccc1-c1cc(=O)n2nc(-c3ccccc3)nc2[nH]1. The van der Waals surface area contributed by atoms with E-state index in [9.17, 15) is 4.79 Å². The molecular weight excluding hydrogens is 304 g/mol. The zero-order valence-electron chi connectivity index (χ0n) is 12.9. The van der Waals surface area contributed by atoms with E-state index in [1.807, 2.05) is 54.6 Å². The van der Waals surface area contributed by atoms with Gasteiger partial charge in [-0.3, -0.25) is 4.79 Å². The van der Waals surface area contributed by atoms with Gasteiger partial charge in [-0.15, -0.1) is 5.10 Å². The third-order valence-electron chi connectivity index (χ3n) is 3.76. The molecule has 4 rings (SSSR count). The summed E-state index contributed by atoms with van der Waals surface area (Å²) < 4.78 is 6.63. The number of benzene rings is 2. The van der Waals surface area contributed by atoms with Gasteiger partial charge in [0.1, 0.15) is 5.75 Å². The highest BCUT2D eigenvalue weighted by molar-refractivity contribution is 5.68. The summed E-state index contributed by atoms with van der Waals surface area (Å²) >= 11 is 0. The standard InChI is InChI=1S/C18H14N4O2/c1-24-15-10-6-5-9-13(15)14-11-16(23)22-18(19-14)20-17(21-22)12-7-3-2-4-8-12/h2-11H,1H3,(H,19,20,21). The van der Waals surface area contributed by atoms with Crippen LogP contribution in [0.2, 0.25) is 0 Å². The Hall–Kier alpha value is -3.41. The van der Waals surface area contributed by atoms with Crippen molar-refractivity contribution in [2.75, 3.05) is 7.11 Å². The third kappa shape index (κ3) is 2.34. The molecule has 0 saturated carbocycles. The van der Waals surface area contributed by atoms with Crippen LogP contribution in [-0.2, 0) is 0 Å². The summed E-state index contributed by atoms with van der Waals surface area (Å²) in [5.41, 5.74) is 2.04. The number of fused-ring (bicyclic) bond motifs is 1. The van der Waals surface area contributed by atoms with Gasteiger partial charge in [-0.1, -0.05) is 42.5 Å². The van der Waals surface area contributed by atoms with Crippen LogP contribution >= 0.6 is 0 Å². The first-order valence-electron chi connectivity index (χ1n) is 7.45. The predicted molar refractivity (Wildman–Crippen MR) is 91.0 cm³/mol. The molecule has 2 heterocycles. The Morgan fingerprint density at radius 1 is 1.04 bits per heavy atom. The fraction of sp³-hybridized carbons (Fsp3) is 0.0556. The van der Waals surface area contributed by atoms with Crippen molar-refractivity contribution in [2.45, 2.75) is 0 Å². The highest BCUT2D eigenvalue weighted by atomic mass is 16.5. The first-order chi connectivity index (χ1) is 11.8. The lowest BCUT2D eigenvalue weighted by molar-refractivity contribution is 0.416. The largest absolute Gasteiger partial charge is 0.496 e. The minimum absolute atomic E-state index is 0.251. The second-order valence-electron chi connectivity index (χ2n) is 5.26. The molecule has 0 fully saturated rings. The molecule has 0 unspecified atom stereocenters. The summed E-state index contributed by atoms with van der Waals surface area (Å²) in [6.07, 6.45) is 0. The molecule has 4 aromatic rings. The van der Waals surface area contributed by atoms with E-state index in [0.717, 1.165) is 11.1 Å². The lowest BCUT2D eigenvalue weighted by Gasteiger charge is -2.07. The van der Waals surface area contributed by atoms with Crippen LogP contribution in [0.15, 0.2) is 65.5 Å². The molecule has 0 amide bonds. The first-order valence-corrected chi connectivity index (χ1v) is 7.45. The number of aromatic nitrogens is 4. The normalized spacial score (nSPS) is 10.9. The van der Waals surface area contributed by atoms with Crippen molar-refractivity contribution < 1.29 is 4.74 Å². The van der Waals surface area contributed by atoms with Crippen LogP contribution in [0.25, 0.3) is 28.4 Å². The second kappa shape index (κ2) is 5.66. The molecular formula is C18H14N4O2. The molecule has 0 saturated heterocycles. The van der Waals surface area contributed by atoms with Crippen LogP contribution in [0.5, 0.6) is 5.75 Å². The van der Waals surface area contributed by atoms with Gasteiger partial charge in [-0.05, 0) is 12.1 Å². The Kier molecular flexibility index (Phi) is 3.35. The van der Waals surface area contributed by atoms with Crippen LogP contribution in [0.1, 0.15) is 0 Å². The van der Waals surface area contributed by atoms with Crippen molar-refractivity contribution in [3.8, 4) is 28.4 Å². The van der Waals surface area contributed by atoms with Crippen molar-refractivity contribution in [2.24, 2.45) is 0 Å². The summed E-state index contributed by atoms with van der Waals surface area (Å²) in [4.78, 5) is 20.0. The summed E-state index contributed by atoms with van der Waals surface area (Å²) in [7, 11) is 1.60. The number of hydrogen-bond acceptors (Lipinski definition) is 4. The van der Waals surface area contributed by atoms with Gasteiger partial charge in [-0.25, -0.2) is 0 Å². The minimum atomic E-state index is -0.251. The zero-order chi connectivity index (χ0) is 16.5. The fourth-order valence-corrected chi connectivity index (χ4v) is 2.61. The number of nitrogens with zero attached hydrogens (tertiary/aromatic N) is 3. The monoisotopic (exact) mass is 318 g/mol. The Bertz CT molecular complexity index is 1070. The van der Waals surface area contributed by atoms with Crippen molar-refractivity contribution in [1.82, 2.24) is 19.6 Å². The second-order valence-corrected chi connectivity index (χ2v) is 5.26. The van der Waals surface area contributed by atoms with Crippen LogP contribution in [0.4, 0.5) is 0 Å². The van der Waals surface area contributed by atoms with E-state index in [-0.39, 0.29) is 5.56 Å². The van der Waals surface area contributed by atoms with Crippen molar-refractivity contribution in [3.63, 3.8) is 0 Å². The lowest BCUT2D eigenvalue weighted by atomic mass is 10.1. The maximum Gasteiger partial charge on any atom is 0.276 e. The molecule has 0 aliphatic heterocycles. The molecule has 2 aromatic heterocycles. The van der Waals surface area contributed by atoms with Gasteiger partial charge < -0.3 is 9.72 Å². The van der Waals surface area contributed by atoms with E-state index in [0.29, 0.717) is 23.0 Å². The van der Waals surface area contributed by atoms with Gasteiger partial charge in [0.15, 0.2) is 5.82 Å². The molecule has 24 heavy (non-hydrogen) atoms. The highest BCUT2D eigenvalue weighted by Crippen LogP contribution is 2.27. The third-order valence-corrected chi connectivity index (χ3v) is 3.76. The van der Waals surface area contributed by atoms with Gasteiger partial charge in [0.25, 0.3) is 5.56 Å². The van der Waals surface area contributed by atoms with E-state index in [2.05, 4.69) is 15.1 Å². The number of methoxy groups -OCH3 is 1. The van der Waals surface area contributed by atoms with Crippen LogP contribution in [-0.4, -0.2) is 26.7 Å². The maximum absolute atomic E-state index is 12.4. The first kappa shape index (κ1) is 14.2. The number of nitrogens with one attached hydrogen (secondary N) is 1. The Balaban J connectivity index is 1.90. The fourth-order valence-electron chi connectivity index (χ4n) is 2.61. The molecule has 2 aromatic carbocycles. The molecule has 6 heteroatoms. The average Bonchev–Trinajstić information content (AvgIpc) is 3.07. The summed E-state index contributed by atoms with van der Waals surface area (Å²) in [6.45, 7) is 0. The molecule has 118 valence electrons. The summed E-state index contributed by atoms with van der Waals surface area (Å²) in [5.74, 6) is 1.57. The van der Waals surface area contributed by atoms with Crippen LogP contribution in [0.3, 0.4) is 0 Å². The van der Waals surface area contributed by atoms with E-state index in [1.165, 1.54) is 10.6 Å². The predicted octanol–water partition coefficient (Wildman–Crippen LogP) is 2.76. The molecule has 0 radical (unpaired) electrons. The van der Waals surface area contributed by atoms with Crippen molar-refractivity contribution in [3.05, 3.63) is 71.0 Å². The van der Waals surface area contributed by atoms with Crippen molar-refractivity contribution in [1.29, 1.82) is 0 Å². The Morgan fingerprint density at radius 2 is 1.79 bits per heavy atom. The molecule has 0 aliphatic rings. The average molecular weight is 318 g/mol. The van der Waals surface area contributed by atoms with E-state index < -0.39 is 0 Å². The van der Waals surface area contributed by atoms with E-state index >= 15 is 0 Å². The number of para-hydroxylation sites is 1. The van der Waals surface area contributed by atoms with Crippen LogP contribution < -0.4 is 10.3 Å². The van der Waals surface area contributed by atoms with Crippen LogP contribution in [0, 0.1) is 0 Å². The molecule has 0 bridgehead atoms. The van der Waals surface area contributed by atoms with Crippen molar-refractivity contribution >= 4 is 5.78 Å². The molecule has 0 spiro atoms. The van der Waals surface area contributed by atoms with Gasteiger partial charge in [0, 0.05) is 17.2 Å². The smallest absolute Gasteiger partial charge is 0.276 e. The highest BCUT2D eigenvalue weighted by Gasteiger charge is 2.12. The summed E-state index contributed by atoms with van der Waals surface area (Å²) in [5, 5.41) is 4.29.